The van der Waals surface area contributed by atoms with Crippen molar-refractivity contribution >= 4 is 21.9 Å². The number of methoxy groups -OCH3 is 1. The highest BCUT2D eigenvalue weighted by Crippen LogP contribution is 2.40. The molecule has 3 heteroatoms. The molecule has 102 valence electrons. The van der Waals surface area contributed by atoms with Gasteiger partial charge in [-0.25, -0.2) is 4.79 Å². The van der Waals surface area contributed by atoms with Crippen LogP contribution in [0.25, 0.3) is 11.1 Å². The molecule has 20 heavy (non-hydrogen) atoms. The molecule has 1 aliphatic carbocycles. The molecule has 0 amide bonds. The zero-order chi connectivity index (χ0) is 14.1. The van der Waals surface area contributed by atoms with Crippen LogP contribution in [0.15, 0.2) is 46.9 Å². The highest BCUT2D eigenvalue weighted by atomic mass is 79.9. The van der Waals surface area contributed by atoms with Crippen molar-refractivity contribution < 1.29 is 9.53 Å². The standard InChI is InChI=1S/C17H15BrO2/c1-20-17(19)15-9-8-14(18)10-16(15)13-6-4-12(5-7-13)11-2-3-11/h4-11H,2-3H2,1H3. The Morgan fingerprint density at radius 3 is 2.45 bits per heavy atom. The summed E-state index contributed by atoms with van der Waals surface area (Å²) in [5, 5.41) is 0. The van der Waals surface area contributed by atoms with Crippen LogP contribution in [0.4, 0.5) is 0 Å². The molecular formula is C17H15BrO2. The Balaban J connectivity index is 2.03. The number of benzene rings is 2. The molecule has 0 spiro atoms. The Morgan fingerprint density at radius 2 is 1.85 bits per heavy atom. The van der Waals surface area contributed by atoms with E-state index in [4.69, 9.17) is 4.74 Å². The van der Waals surface area contributed by atoms with E-state index in [9.17, 15) is 4.79 Å². The molecule has 3 rings (SSSR count). The maximum absolute atomic E-state index is 11.9. The number of carbonyl (C=O) groups is 1. The van der Waals surface area contributed by atoms with Gasteiger partial charge in [-0.05, 0) is 53.6 Å². The lowest BCUT2D eigenvalue weighted by molar-refractivity contribution is 0.0601. The maximum atomic E-state index is 11.9. The molecule has 2 aromatic carbocycles. The Kier molecular flexibility index (Phi) is 3.62. The Hall–Kier alpha value is -1.61. The van der Waals surface area contributed by atoms with E-state index in [1.54, 1.807) is 6.07 Å². The van der Waals surface area contributed by atoms with Gasteiger partial charge in [-0.2, -0.15) is 0 Å². The van der Waals surface area contributed by atoms with E-state index in [1.165, 1.54) is 25.5 Å². The Morgan fingerprint density at radius 1 is 1.15 bits per heavy atom. The van der Waals surface area contributed by atoms with E-state index in [1.807, 2.05) is 12.1 Å². The second-order valence-corrected chi connectivity index (χ2v) is 5.99. The molecule has 0 unspecified atom stereocenters. The van der Waals surface area contributed by atoms with E-state index in [0.717, 1.165) is 21.5 Å². The Bertz CT molecular complexity index is 643. The highest BCUT2D eigenvalue weighted by Gasteiger charge is 2.23. The van der Waals surface area contributed by atoms with Crippen LogP contribution >= 0.6 is 15.9 Å². The first-order chi connectivity index (χ1) is 9.69. The lowest BCUT2D eigenvalue weighted by atomic mass is 9.98. The third kappa shape index (κ3) is 2.63. The number of ether oxygens (including phenoxy) is 1. The van der Waals surface area contributed by atoms with Crippen LogP contribution in [0.5, 0.6) is 0 Å². The summed E-state index contributed by atoms with van der Waals surface area (Å²) in [6.07, 6.45) is 2.59. The fourth-order valence-corrected chi connectivity index (χ4v) is 2.76. The van der Waals surface area contributed by atoms with Gasteiger partial charge in [0.15, 0.2) is 0 Å². The number of esters is 1. The normalized spacial score (nSPS) is 14.1. The molecule has 0 heterocycles. The molecule has 0 aromatic heterocycles. The zero-order valence-corrected chi connectivity index (χ0v) is 12.8. The van der Waals surface area contributed by atoms with Gasteiger partial charge in [0.05, 0.1) is 12.7 Å². The number of hydrogen-bond acceptors (Lipinski definition) is 2. The van der Waals surface area contributed by atoms with Crippen molar-refractivity contribution in [3.8, 4) is 11.1 Å². The zero-order valence-electron chi connectivity index (χ0n) is 11.2. The minimum Gasteiger partial charge on any atom is -0.465 e. The average molecular weight is 331 g/mol. The van der Waals surface area contributed by atoms with Gasteiger partial charge in [0.2, 0.25) is 0 Å². The van der Waals surface area contributed by atoms with Crippen LogP contribution in [0.1, 0.15) is 34.7 Å². The first kappa shape index (κ1) is 13.4. The highest BCUT2D eigenvalue weighted by molar-refractivity contribution is 9.10. The third-order valence-electron chi connectivity index (χ3n) is 3.66. The number of hydrogen-bond donors (Lipinski definition) is 0. The summed E-state index contributed by atoms with van der Waals surface area (Å²) in [5.41, 5.74) is 3.92. The SMILES string of the molecule is COC(=O)c1ccc(Br)cc1-c1ccc(C2CC2)cc1. The monoisotopic (exact) mass is 330 g/mol. The van der Waals surface area contributed by atoms with E-state index >= 15 is 0 Å². The number of rotatable bonds is 3. The van der Waals surface area contributed by atoms with Crippen molar-refractivity contribution in [2.75, 3.05) is 7.11 Å². The summed E-state index contributed by atoms with van der Waals surface area (Å²) in [6, 6.07) is 14.1. The minimum absolute atomic E-state index is 0.307. The predicted molar refractivity (Wildman–Crippen MR) is 82.9 cm³/mol. The molecule has 2 aromatic rings. The van der Waals surface area contributed by atoms with Crippen LogP contribution in [0, 0.1) is 0 Å². The average Bonchev–Trinajstić information content (AvgIpc) is 3.31. The van der Waals surface area contributed by atoms with E-state index < -0.39 is 0 Å². The molecule has 0 radical (unpaired) electrons. The molecule has 1 fully saturated rings. The summed E-state index contributed by atoms with van der Waals surface area (Å²) >= 11 is 3.46. The molecule has 0 bridgehead atoms. The lowest BCUT2D eigenvalue weighted by Gasteiger charge is -2.09. The smallest absolute Gasteiger partial charge is 0.338 e. The van der Waals surface area contributed by atoms with Crippen LogP contribution in [-0.2, 0) is 4.74 Å². The molecule has 0 aliphatic heterocycles. The lowest BCUT2D eigenvalue weighted by Crippen LogP contribution is -2.03. The summed E-state index contributed by atoms with van der Waals surface area (Å²) in [6.45, 7) is 0. The van der Waals surface area contributed by atoms with Gasteiger partial charge in [0.1, 0.15) is 0 Å². The van der Waals surface area contributed by atoms with Crippen LogP contribution in [0.2, 0.25) is 0 Å². The first-order valence-electron chi connectivity index (χ1n) is 6.67. The van der Waals surface area contributed by atoms with Gasteiger partial charge in [-0.1, -0.05) is 40.2 Å². The predicted octanol–water partition coefficient (Wildman–Crippen LogP) is 4.78. The summed E-state index contributed by atoms with van der Waals surface area (Å²) in [4.78, 5) is 11.9. The molecular weight excluding hydrogens is 316 g/mol. The van der Waals surface area contributed by atoms with Crippen molar-refractivity contribution in [2.45, 2.75) is 18.8 Å². The second-order valence-electron chi connectivity index (χ2n) is 5.08. The minimum atomic E-state index is -0.307. The maximum Gasteiger partial charge on any atom is 0.338 e. The topological polar surface area (TPSA) is 26.3 Å². The van der Waals surface area contributed by atoms with Gasteiger partial charge in [-0.3, -0.25) is 0 Å². The summed E-state index contributed by atoms with van der Waals surface area (Å²) in [7, 11) is 1.41. The van der Waals surface area contributed by atoms with Crippen molar-refractivity contribution in [3.05, 3.63) is 58.1 Å². The summed E-state index contributed by atoms with van der Waals surface area (Å²) < 4.78 is 5.81. The number of carbonyl (C=O) groups excluding carboxylic acids is 1. The van der Waals surface area contributed by atoms with Crippen molar-refractivity contribution in [2.24, 2.45) is 0 Å². The third-order valence-corrected chi connectivity index (χ3v) is 4.15. The fraction of sp³-hybridized carbons (Fsp3) is 0.235. The van der Waals surface area contributed by atoms with Crippen LogP contribution < -0.4 is 0 Å². The van der Waals surface area contributed by atoms with E-state index in [0.29, 0.717) is 5.56 Å². The molecule has 0 N–H and O–H groups in total. The molecule has 1 aliphatic rings. The molecule has 0 saturated heterocycles. The van der Waals surface area contributed by atoms with Crippen LogP contribution in [0.3, 0.4) is 0 Å². The van der Waals surface area contributed by atoms with Gasteiger partial charge < -0.3 is 4.74 Å². The van der Waals surface area contributed by atoms with E-state index in [-0.39, 0.29) is 5.97 Å². The van der Waals surface area contributed by atoms with Gasteiger partial charge in [-0.15, -0.1) is 0 Å². The van der Waals surface area contributed by atoms with Gasteiger partial charge >= 0.3 is 5.97 Å². The largest absolute Gasteiger partial charge is 0.465 e. The van der Waals surface area contributed by atoms with Gasteiger partial charge in [0, 0.05) is 4.47 Å². The molecule has 2 nitrogen and oxygen atoms in total. The van der Waals surface area contributed by atoms with Crippen molar-refractivity contribution in [1.29, 1.82) is 0 Å². The molecule has 1 saturated carbocycles. The fourth-order valence-electron chi connectivity index (χ4n) is 2.39. The van der Waals surface area contributed by atoms with E-state index in [2.05, 4.69) is 40.2 Å². The number of halogens is 1. The van der Waals surface area contributed by atoms with Crippen LogP contribution in [-0.4, -0.2) is 13.1 Å². The van der Waals surface area contributed by atoms with Crippen molar-refractivity contribution in [1.82, 2.24) is 0 Å². The quantitative estimate of drug-likeness (QED) is 0.757. The second kappa shape index (κ2) is 5.41. The van der Waals surface area contributed by atoms with Crippen molar-refractivity contribution in [3.63, 3.8) is 0 Å². The Labute approximate surface area is 126 Å². The first-order valence-corrected chi connectivity index (χ1v) is 7.46. The summed E-state index contributed by atoms with van der Waals surface area (Å²) in [5.74, 6) is 0.436. The van der Waals surface area contributed by atoms with Gasteiger partial charge in [0.25, 0.3) is 0 Å². The molecule has 0 atom stereocenters.